The monoisotopic (exact) mass is 322 g/mol. The van der Waals surface area contributed by atoms with Crippen molar-refractivity contribution in [1.82, 2.24) is 0 Å². The van der Waals surface area contributed by atoms with E-state index in [1.807, 2.05) is 43.3 Å². The number of rotatable bonds is 4. The summed E-state index contributed by atoms with van der Waals surface area (Å²) in [5, 5.41) is 0. The first kappa shape index (κ1) is 14.1. The lowest BCUT2D eigenvalue weighted by atomic mass is 10.0. The number of hydrogen-bond acceptors (Lipinski definition) is 1. The molecule has 0 spiro atoms. The molecule has 0 bridgehead atoms. The fraction of sp³-hybridized carbons (Fsp3) is 0.250. The van der Waals surface area contributed by atoms with Crippen LogP contribution >= 0.6 is 15.9 Å². The fourth-order valence-corrected chi connectivity index (χ4v) is 2.71. The Bertz CT molecular complexity index is 551. The molecule has 19 heavy (non-hydrogen) atoms. The summed E-state index contributed by atoms with van der Waals surface area (Å²) in [5.41, 5.74) is 2.77. The van der Waals surface area contributed by atoms with Crippen molar-refractivity contribution in [3.8, 4) is 5.75 Å². The van der Waals surface area contributed by atoms with Gasteiger partial charge in [0.15, 0.2) is 0 Å². The molecule has 0 amide bonds. The fourth-order valence-electron chi connectivity index (χ4n) is 1.96. The molecule has 0 heterocycles. The Kier molecular flexibility index (Phi) is 4.59. The number of halogens is 2. The second-order valence-electron chi connectivity index (χ2n) is 4.54. The summed E-state index contributed by atoms with van der Waals surface area (Å²) in [6, 6.07) is 13.2. The van der Waals surface area contributed by atoms with Crippen LogP contribution in [-0.4, -0.2) is 7.11 Å². The molecule has 0 aliphatic rings. The van der Waals surface area contributed by atoms with Gasteiger partial charge in [0.05, 0.1) is 7.11 Å². The topological polar surface area (TPSA) is 9.23 Å². The molecule has 0 aliphatic carbocycles. The number of hydrogen-bond donors (Lipinski definition) is 0. The molecule has 3 heteroatoms. The van der Waals surface area contributed by atoms with E-state index in [2.05, 4.69) is 15.9 Å². The van der Waals surface area contributed by atoms with Crippen LogP contribution in [0.3, 0.4) is 0 Å². The molecule has 1 atom stereocenters. The third kappa shape index (κ3) is 3.57. The highest BCUT2D eigenvalue weighted by molar-refractivity contribution is 9.09. The highest BCUT2D eigenvalue weighted by Gasteiger charge is 2.13. The van der Waals surface area contributed by atoms with Gasteiger partial charge in [-0.3, -0.25) is 0 Å². The summed E-state index contributed by atoms with van der Waals surface area (Å²) in [6.07, 6.45) is 0.740. The molecule has 0 N–H and O–H groups in total. The normalized spacial score (nSPS) is 12.2. The lowest BCUT2D eigenvalue weighted by molar-refractivity contribution is 0.414. The van der Waals surface area contributed by atoms with Crippen molar-refractivity contribution in [2.75, 3.05) is 7.11 Å². The first-order chi connectivity index (χ1) is 9.10. The van der Waals surface area contributed by atoms with Crippen LogP contribution in [0.1, 0.15) is 21.5 Å². The van der Waals surface area contributed by atoms with E-state index in [9.17, 15) is 4.39 Å². The van der Waals surface area contributed by atoms with Crippen LogP contribution in [-0.2, 0) is 6.42 Å². The van der Waals surface area contributed by atoms with Gasteiger partial charge >= 0.3 is 0 Å². The van der Waals surface area contributed by atoms with Crippen molar-refractivity contribution in [2.45, 2.75) is 18.2 Å². The Balaban J connectivity index is 2.13. The van der Waals surface area contributed by atoms with Crippen molar-refractivity contribution < 1.29 is 9.13 Å². The number of methoxy groups -OCH3 is 1. The summed E-state index contributed by atoms with van der Waals surface area (Å²) >= 11 is 3.56. The Morgan fingerprint density at radius 3 is 2.42 bits per heavy atom. The Hall–Kier alpha value is -1.35. The largest absolute Gasteiger partial charge is 0.497 e. The molecule has 100 valence electrons. The van der Waals surface area contributed by atoms with Gasteiger partial charge in [-0.05, 0) is 42.7 Å². The maximum absolute atomic E-state index is 13.9. The van der Waals surface area contributed by atoms with E-state index in [0.717, 1.165) is 23.3 Å². The quantitative estimate of drug-likeness (QED) is 0.733. The molecular weight excluding hydrogens is 307 g/mol. The first-order valence-electron chi connectivity index (χ1n) is 6.13. The van der Waals surface area contributed by atoms with E-state index < -0.39 is 0 Å². The molecule has 2 aromatic rings. The van der Waals surface area contributed by atoms with Crippen LogP contribution in [0.15, 0.2) is 42.5 Å². The van der Waals surface area contributed by atoms with Gasteiger partial charge in [0.1, 0.15) is 11.6 Å². The van der Waals surface area contributed by atoms with Crippen molar-refractivity contribution in [2.24, 2.45) is 0 Å². The van der Waals surface area contributed by atoms with Gasteiger partial charge < -0.3 is 4.74 Å². The highest BCUT2D eigenvalue weighted by Crippen LogP contribution is 2.30. The van der Waals surface area contributed by atoms with Crippen LogP contribution in [0, 0.1) is 12.7 Å². The summed E-state index contributed by atoms with van der Waals surface area (Å²) in [5.74, 6) is 0.673. The van der Waals surface area contributed by atoms with E-state index in [1.165, 1.54) is 0 Å². The smallest absolute Gasteiger partial charge is 0.127 e. The molecule has 0 saturated heterocycles. The second-order valence-corrected chi connectivity index (χ2v) is 5.65. The van der Waals surface area contributed by atoms with Gasteiger partial charge in [0, 0.05) is 10.4 Å². The van der Waals surface area contributed by atoms with Crippen molar-refractivity contribution in [3.63, 3.8) is 0 Å². The minimum Gasteiger partial charge on any atom is -0.497 e. The predicted molar refractivity (Wildman–Crippen MR) is 79.5 cm³/mol. The van der Waals surface area contributed by atoms with E-state index in [0.29, 0.717) is 5.56 Å². The molecule has 0 fully saturated rings. The molecule has 0 aliphatic heterocycles. The zero-order valence-electron chi connectivity index (χ0n) is 11.0. The SMILES string of the molecule is COc1ccc(CC(Br)c2ccc(C)cc2F)cc1. The molecule has 1 nitrogen and oxygen atoms in total. The Morgan fingerprint density at radius 1 is 1.16 bits per heavy atom. The molecule has 0 radical (unpaired) electrons. The van der Waals surface area contributed by atoms with Crippen molar-refractivity contribution in [1.29, 1.82) is 0 Å². The number of alkyl halides is 1. The molecule has 0 saturated carbocycles. The van der Waals surface area contributed by atoms with E-state index >= 15 is 0 Å². The summed E-state index contributed by atoms with van der Waals surface area (Å²) < 4.78 is 19.0. The summed E-state index contributed by atoms with van der Waals surface area (Å²) in [4.78, 5) is -0.0264. The average molecular weight is 323 g/mol. The lowest BCUT2D eigenvalue weighted by Gasteiger charge is -2.12. The van der Waals surface area contributed by atoms with E-state index in [-0.39, 0.29) is 10.6 Å². The van der Waals surface area contributed by atoms with Gasteiger partial charge in [-0.15, -0.1) is 0 Å². The standard InChI is InChI=1S/C16H16BrFO/c1-11-3-8-14(16(18)9-11)15(17)10-12-4-6-13(19-2)7-5-12/h3-9,15H,10H2,1-2H3. The third-order valence-corrected chi connectivity index (χ3v) is 3.88. The first-order valence-corrected chi connectivity index (χ1v) is 7.05. The molecular formula is C16H16BrFO. The minimum atomic E-state index is -0.157. The van der Waals surface area contributed by atoms with E-state index in [4.69, 9.17) is 4.74 Å². The maximum Gasteiger partial charge on any atom is 0.127 e. The Labute approximate surface area is 121 Å². The van der Waals surface area contributed by atoms with Gasteiger partial charge in [0.2, 0.25) is 0 Å². The Morgan fingerprint density at radius 2 is 1.84 bits per heavy atom. The molecule has 1 unspecified atom stereocenters. The number of benzene rings is 2. The number of aryl methyl sites for hydroxylation is 1. The molecule has 2 aromatic carbocycles. The van der Waals surface area contributed by atoms with Gasteiger partial charge in [-0.25, -0.2) is 4.39 Å². The minimum absolute atomic E-state index is 0.0264. The van der Waals surface area contributed by atoms with Crippen LogP contribution in [0.4, 0.5) is 4.39 Å². The van der Waals surface area contributed by atoms with Crippen LogP contribution in [0.5, 0.6) is 5.75 Å². The van der Waals surface area contributed by atoms with Crippen LogP contribution in [0.25, 0.3) is 0 Å². The zero-order chi connectivity index (χ0) is 13.8. The molecule has 2 rings (SSSR count). The second kappa shape index (κ2) is 6.20. The van der Waals surface area contributed by atoms with Crippen LogP contribution < -0.4 is 4.74 Å². The average Bonchev–Trinajstić information content (AvgIpc) is 2.39. The van der Waals surface area contributed by atoms with Crippen molar-refractivity contribution in [3.05, 3.63) is 65.0 Å². The molecule has 0 aromatic heterocycles. The van der Waals surface area contributed by atoms with Gasteiger partial charge in [0.25, 0.3) is 0 Å². The maximum atomic E-state index is 13.9. The zero-order valence-corrected chi connectivity index (χ0v) is 12.6. The summed E-state index contributed by atoms with van der Waals surface area (Å²) in [6.45, 7) is 1.89. The van der Waals surface area contributed by atoms with Crippen molar-refractivity contribution >= 4 is 15.9 Å². The summed E-state index contributed by atoms with van der Waals surface area (Å²) in [7, 11) is 1.64. The van der Waals surface area contributed by atoms with Gasteiger partial charge in [-0.1, -0.05) is 40.2 Å². The predicted octanol–water partition coefficient (Wildman–Crippen LogP) is 4.82. The lowest BCUT2D eigenvalue weighted by Crippen LogP contribution is -1.99. The highest BCUT2D eigenvalue weighted by atomic mass is 79.9. The number of ether oxygens (including phenoxy) is 1. The van der Waals surface area contributed by atoms with E-state index in [1.54, 1.807) is 13.2 Å². The van der Waals surface area contributed by atoms with Crippen LogP contribution in [0.2, 0.25) is 0 Å². The third-order valence-electron chi connectivity index (χ3n) is 3.07. The van der Waals surface area contributed by atoms with Gasteiger partial charge in [-0.2, -0.15) is 0 Å².